The van der Waals surface area contributed by atoms with Gasteiger partial charge in [-0.2, -0.15) is 0 Å². The van der Waals surface area contributed by atoms with E-state index in [4.69, 9.17) is 0 Å². The Morgan fingerprint density at radius 1 is 1.24 bits per heavy atom. The van der Waals surface area contributed by atoms with Crippen molar-refractivity contribution < 1.29 is 0 Å². The smallest absolute Gasteiger partial charge is 0.143 e. The fraction of sp³-hybridized carbons (Fsp3) is 0.167. The van der Waals surface area contributed by atoms with Crippen LogP contribution in [0, 0.1) is 0 Å². The van der Waals surface area contributed by atoms with Crippen molar-refractivity contribution in [2.24, 2.45) is 0 Å². The zero-order valence-electron chi connectivity index (χ0n) is 9.27. The van der Waals surface area contributed by atoms with Gasteiger partial charge < -0.3 is 4.90 Å². The van der Waals surface area contributed by atoms with Crippen molar-refractivity contribution >= 4 is 37.7 Å². The van der Waals surface area contributed by atoms with Crippen LogP contribution in [0.15, 0.2) is 45.6 Å². The van der Waals surface area contributed by atoms with Crippen LogP contribution in [0.4, 0.5) is 5.82 Å². The molecule has 2 rings (SSSR count). The molecule has 0 amide bonds. The molecule has 0 aliphatic carbocycles. The van der Waals surface area contributed by atoms with Crippen LogP contribution in [-0.2, 0) is 6.54 Å². The lowest BCUT2D eigenvalue weighted by molar-refractivity contribution is 0.862. The standard InChI is InChI=1S/C12H11Br2N3/c1-17(8-10-4-2-3-5-15-10)12-11(14)6-9(13)7-16-12/h2-7H,8H2,1H3. The fourth-order valence-corrected chi connectivity index (χ4v) is 2.79. The summed E-state index contributed by atoms with van der Waals surface area (Å²) in [5.41, 5.74) is 1.02. The first-order valence-electron chi connectivity index (χ1n) is 5.09. The lowest BCUT2D eigenvalue weighted by Crippen LogP contribution is -2.18. The quantitative estimate of drug-likeness (QED) is 0.840. The molecule has 0 aliphatic rings. The van der Waals surface area contributed by atoms with Gasteiger partial charge in [-0.05, 0) is 50.1 Å². The first kappa shape index (κ1) is 12.5. The summed E-state index contributed by atoms with van der Waals surface area (Å²) in [6.07, 6.45) is 3.59. The van der Waals surface area contributed by atoms with E-state index in [-0.39, 0.29) is 0 Å². The lowest BCUT2D eigenvalue weighted by Gasteiger charge is -2.19. The molecule has 5 heteroatoms. The topological polar surface area (TPSA) is 29.0 Å². The highest BCUT2D eigenvalue weighted by Gasteiger charge is 2.08. The Bertz CT molecular complexity index is 502. The minimum atomic E-state index is 0.730. The lowest BCUT2D eigenvalue weighted by atomic mass is 10.3. The fourth-order valence-electron chi connectivity index (χ4n) is 1.50. The Morgan fingerprint density at radius 2 is 2.06 bits per heavy atom. The van der Waals surface area contributed by atoms with Crippen molar-refractivity contribution in [2.45, 2.75) is 6.54 Å². The van der Waals surface area contributed by atoms with E-state index < -0.39 is 0 Å². The van der Waals surface area contributed by atoms with Crippen LogP contribution in [0.25, 0.3) is 0 Å². The minimum Gasteiger partial charge on any atom is -0.353 e. The number of pyridine rings is 2. The number of rotatable bonds is 3. The maximum atomic E-state index is 4.38. The molecule has 3 nitrogen and oxygen atoms in total. The van der Waals surface area contributed by atoms with E-state index in [1.165, 1.54) is 0 Å². The molecule has 2 aromatic heterocycles. The van der Waals surface area contributed by atoms with Crippen LogP contribution >= 0.6 is 31.9 Å². The van der Waals surface area contributed by atoms with Gasteiger partial charge in [0.15, 0.2) is 0 Å². The normalized spacial score (nSPS) is 10.3. The molecule has 0 aliphatic heterocycles. The molecule has 0 saturated carbocycles. The van der Waals surface area contributed by atoms with Gasteiger partial charge in [-0.1, -0.05) is 6.07 Å². The molecule has 2 heterocycles. The van der Waals surface area contributed by atoms with E-state index in [1.54, 1.807) is 12.4 Å². The number of hydrogen-bond acceptors (Lipinski definition) is 3. The SMILES string of the molecule is CN(Cc1ccccn1)c1ncc(Br)cc1Br. The second-order valence-electron chi connectivity index (χ2n) is 3.64. The van der Waals surface area contributed by atoms with Crippen molar-refractivity contribution in [3.8, 4) is 0 Å². The molecule has 0 bridgehead atoms. The Labute approximate surface area is 117 Å². The van der Waals surface area contributed by atoms with E-state index in [9.17, 15) is 0 Å². The third-order valence-electron chi connectivity index (χ3n) is 2.28. The number of halogens is 2. The molecular formula is C12H11Br2N3. The van der Waals surface area contributed by atoms with Gasteiger partial charge in [-0.15, -0.1) is 0 Å². The Kier molecular flexibility index (Phi) is 4.12. The molecule has 0 radical (unpaired) electrons. The van der Waals surface area contributed by atoms with Crippen LogP contribution in [0.3, 0.4) is 0 Å². The van der Waals surface area contributed by atoms with E-state index in [2.05, 4.69) is 46.7 Å². The Hall–Kier alpha value is -0.940. The zero-order chi connectivity index (χ0) is 12.3. The van der Waals surface area contributed by atoms with Gasteiger partial charge in [-0.25, -0.2) is 4.98 Å². The predicted octanol–water partition coefficient (Wildman–Crippen LogP) is 3.64. The molecule has 0 aromatic carbocycles. The molecule has 0 fully saturated rings. The largest absolute Gasteiger partial charge is 0.353 e. The van der Waals surface area contributed by atoms with Gasteiger partial charge in [0.2, 0.25) is 0 Å². The van der Waals surface area contributed by atoms with E-state index in [0.29, 0.717) is 0 Å². The zero-order valence-corrected chi connectivity index (χ0v) is 12.4. The van der Waals surface area contributed by atoms with Crippen molar-refractivity contribution in [3.63, 3.8) is 0 Å². The maximum Gasteiger partial charge on any atom is 0.143 e. The van der Waals surface area contributed by atoms with E-state index in [1.807, 2.05) is 31.3 Å². The molecule has 17 heavy (non-hydrogen) atoms. The summed E-state index contributed by atoms with van der Waals surface area (Å²) < 4.78 is 1.92. The summed E-state index contributed by atoms with van der Waals surface area (Å²) in [5.74, 6) is 0.902. The minimum absolute atomic E-state index is 0.730. The predicted molar refractivity (Wildman–Crippen MR) is 76.0 cm³/mol. The molecule has 0 saturated heterocycles. The van der Waals surface area contributed by atoms with Crippen LogP contribution in [0.2, 0.25) is 0 Å². The monoisotopic (exact) mass is 355 g/mol. The first-order valence-corrected chi connectivity index (χ1v) is 6.67. The third kappa shape index (κ3) is 3.26. The van der Waals surface area contributed by atoms with Gasteiger partial charge in [0.05, 0.1) is 16.7 Å². The molecule has 0 atom stereocenters. The maximum absolute atomic E-state index is 4.38. The van der Waals surface area contributed by atoms with E-state index in [0.717, 1.165) is 27.0 Å². The summed E-state index contributed by atoms with van der Waals surface area (Å²) in [5, 5.41) is 0. The molecule has 2 aromatic rings. The van der Waals surface area contributed by atoms with Gasteiger partial charge >= 0.3 is 0 Å². The first-order chi connectivity index (χ1) is 8.16. The summed E-state index contributed by atoms with van der Waals surface area (Å²) in [4.78, 5) is 10.7. The van der Waals surface area contributed by atoms with Gasteiger partial charge in [0.1, 0.15) is 5.82 Å². The average molecular weight is 357 g/mol. The van der Waals surface area contributed by atoms with Gasteiger partial charge in [-0.3, -0.25) is 4.98 Å². The van der Waals surface area contributed by atoms with Gasteiger partial charge in [0.25, 0.3) is 0 Å². The average Bonchev–Trinajstić information content (AvgIpc) is 2.30. The second kappa shape index (κ2) is 5.60. The number of nitrogens with zero attached hydrogens (tertiary/aromatic N) is 3. The highest BCUT2D eigenvalue weighted by atomic mass is 79.9. The molecule has 0 spiro atoms. The van der Waals surface area contributed by atoms with Crippen molar-refractivity contribution in [1.29, 1.82) is 0 Å². The summed E-state index contributed by atoms with van der Waals surface area (Å²) in [6.45, 7) is 0.730. The summed E-state index contributed by atoms with van der Waals surface area (Å²) in [7, 11) is 2.00. The van der Waals surface area contributed by atoms with Gasteiger partial charge in [0, 0.05) is 23.9 Å². The van der Waals surface area contributed by atoms with Crippen molar-refractivity contribution in [3.05, 3.63) is 51.3 Å². The molecule has 0 N–H and O–H groups in total. The van der Waals surface area contributed by atoms with Crippen LogP contribution in [0.1, 0.15) is 5.69 Å². The molecule has 88 valence electrons. The second-order valence-corrected chi connectivity index (χ2v) is 5.41. The number of hydrogen-bond donors (Lipinski definition) is 0. The highest BCUT2D eigenvalue weighted by Crippen LogP contribution is 2.26. The van der Waals surface area contributed by atoms with Crippen molar-refractivity contribution in [1.82, 2.24) is 9.97 Å². The highest BCUT2D eigenvalue weighted by molar-refractivity contribution is 9.11. The van der Waals surface area contributed by atoms with E-state index >= 15 is 0 Å². The summed E-state index contributed by atoms with van der Waals surface area (Å²) >= 11 is 6.90. The van der Waals surface area contributed by atoms with Crippen LogP contribution in [0.5, 0.6) is 0 Å². The number of anilines is 1. The number of aromatic nitrogens is 2. The molecular weight excluding hydrogens is 346 g/mol. The Morgan fingerprint density at radius 3 is 2.71 bits per heavy atom. The van der Waals surface area contributed by atoms with Crippen LogP contribution in [-0.4, -0.2) is 17.0 Å². The van der Waals surface area contributed by atoms with Crippen molar-refractivity contribution in [2.75, 3.05) is 11.9 Å². The van der Waals surface area contributed by atoms with Crippen LogP contribution < -0.4 is 4.90 Å². The molecule has 0 unspecified atom stereocenters. The third-order valence-corrected chi connectivity index (χ3v) is 3.29. The Balaban J connectivity index is 2.17. The summed E-state index contributed by atoms with van der Waals surface area (Å²) in [6, 6.07) is 7.89.